The van der Waals surface area contributed by atoms with Crippen molar-refractivity contribution in [3.8, 4) is 5.75 Å². The summed E-state index contributed by atoms with van der Waals surface area (Å²) in [6.07, 6.45) is 1.44. The number of nitrogens with zero attached hydrogens (tertiary/aromatic N) is 1. The first-order valence-corrected chi connectivity index (χ1v) is 5.29. The van der Waals surface area contributed by atoms with E-state index in [1.54, 1.807) is 12.1 Å². The Balaban J connectivity index is 3.31. The molecule has 0 aliphatic rings. The van der Waals surface area contributed by atoms with E-state index in [9.17, 15) is 9.90 Å². The van der Waals surface area contributed by atoms with Crippen LogP contribution in [-0.2, 0) is 16.8 Å². The second-order valence-electron chi connectivity index (χ2n) is 4.62. The fourth-order valence-corrected chi connectivity index (χ4v) is 1.71. The number of halogens is 1. The second-order valence-corrected chi connectivity index (χ2v) is 5.06. The van der Waals surface area contributed by atoms with E-state index in [-0.39, 0.29) is 17.7 Å². The van der Waals surface area contributed by atoms with E-state index < -0.39 is 0 Å². The molecule has 1 aromatic rings. The second kappa shape index (κ2) is 4.69. The molecule has 0 aromatic heterocycles. The van der Waals surface area contributed by atoms with E-state index in [4.69, 9.17) is 11.6 Å². The van der Waals surface area contributed by atoms with Gasteiger partial charge in [0.2, 0.25) is 6.08 Å². The molecular weight excluding hydrogens is 226 g/mol. The van der Waals surface area contributed by atoms with Gasteiger partial charge in [-0.15, -0.1) is 0 Å². The van der Waals surface area contributed by atoms with Gasteiger partial charge in [0.25, 0.3) is 0 Å². The van der Waals surface area contributed by atoms with Crippen molar-refractivity contribution in [2.24, 2.45) is 4.99 Å². The van der Waals surface area contributed by atoms with Crippen molar-refractivity contribution >= 4 is 17.7 Å². The third kappa shape index (κ3) is 2.84. The summed E-state index contributed by atoms with van der Waals surface area (Å²) in [5.74, 6) is 0.149. The molecule has 1 rings (SSSR count). The van der Waals surface area contributed by atoms with Crippen molar-refractivity contribution in [2.45, 2.75) is 32.7 Å². The van der Waals surface area contributed by atoms with Crippen molar-refractivity contribution in [1.82, 2.24) is 0 Å². The zero-order valence-electron chi connectivity index (χ0n) is 9.54. The summed E-state index contributed by atoms with van der Waals surface area (Å²) in [6, 6.07) is 3.33. The van der Waals surface area contributed by atoms with Crippen LogP contribution in [0.4, 0.5) is 0 Å². The van der Waals surface area contributed by atoms with Crippen LogP contribution in [-0.4, -0.2) is 11.2 Å². The summed E-state index contributed by atoms with van der Waals surface area (Å²) >= 11 is 5.96. The maximum Gasteiger partial charge on any atom is 0.235 e. The Labute approximate surface area is 99.8 Å². The Hall–Kier alpha value is -1.31. The monoisotopic (exact) mass is 239 g/mol. The molecule has 0 aliphatic heterocycles. The van der Waals surface area contributed by atoms with Gasteiger partial charge in [-0.1, -0.05) is 32.4 Å². The minimum absolute atomic E-state index is 0.0962. The van der Waals surface area contributed by atoms with Crippen molar-refractivity contribution in [2.75, 3.05) is 0 Å². The molecule has 0 unspecified atom stereocenters. The third-order valence-corrected chi connectivity index (χ3v) is 2.49. The molecule has 0 saturated carbocycles. The molecule has 1 aromatic carbocycles. The van der Waals surface area contributed by atoms with Crippen LogP contribution in [0.15, 0.2) is 17.1 Å². The fraction of sp³-hybridized carbons (Fsp3) is 0.417. The molecular formula is C12H14ClNO2. The standard InChI is InChI=1S/C12H14ClNO2/c1-12(2,3)10-5-9(13)4-8(11(10)16)6-14-7-15/h4-5,16H,6H2,1-3H3. The topological polar surface area (TPSA) is 49.7 Å². The molecule has 3 nitrogen and oxygen atoms in total. The van der Waals surface area contributed by atoms with Crippen molar-refractivity contribution in [3.05, 3.63) is 28.3 Å². The highest BCUT2D eigenvalue weighted by Crippen LogP contribution is 2.36. The molecule has 16 heavy (non-hydrogen) atoms. The maximum atomic E-state index is 10.0. The van der Waals surface area contributed by atoms with Gasteiger partial charge in [0.05, 0.1) is 6.54 Å². The number of benzene rings is 1. The van der Waals surface area contributed by atoms with E-state index in [0.29, 0.717) is 10.6 Å². The normalized spacial score (nSPS) is 11.0. The highest BCUT2D eigenvalue weighted by Gasteiger charge is 2.20. The van der Waals surface area contributed by atoms with E-state index in [1.165, 1.54) is 6.08 Å². The van der Waals surface area contributed by atoms with Crippen molar-refractivity contribution in [3.63, 3.8) is 0 Å². The van der Waals surface area contributed by atoms with Crippen molar-refractivity contribution in [1.29, 1.82) is 0 Å². The summed E-state index contributed by atoms with van der Waals surface area (Å²) in [5.41, 5.74) is 1.08. The summed E-state index contributed by atoms with van der Waals surface area (Å²) in [4.78, 5) is 13.5. The number of carbonyl (C=O) groups excluding carboxylic acids is 1. The van der Waals surface area contributed by atoms with Gasteiger partial charge in [0.1, 0.15) is 5.75 Å². The Kier molecular flexibility index (Phi) is 3.74. The molecule has 0 radical (unpaired) electrons. The van der Waals surface area contributed by atoms with E-state index in [1.807, 2.05) is 20.8 Å². The molecule has 0 spiro atoms. The largest absolute Gasteiger partial charge is 0.507 e. The number of hydrogen-bond donors (Lipinski definition) is 1. The molecule has 0 heterocycles. The molecule has 0 fully saturated rings. The van der Waals surface area contributed by atoms with Gasteiger partial charge in [-0.3, -0.25) is 0 Å². The van der Waals surface area contributed by atoms with Crippen LogP contribution in [0.25, 0.3) is 0 Å². The first-order chi connectivity index (χ1) is 7.36. The predicted molar refractivity (Wildman–Crippen MR) is 63.6 cm³/mol. The van der Waals surface area contributed by atoms with Gasteiger partial charge in [0.15, 0.2) is 0 Å². The Morgan fingerprint density at radius 1 is 1.44 bits per heavy atom. The quantitative estimate of drug-likeness (QED) is 0.637. The minimum atomic E-state index is -0.214. The lowest BCUT2D eigenvalue weighted by Crippen LogP contribution is -2.12. The summed E-state index contributed by atoms with van der Waals surface area (Å²) in [5, 5.41) is 10.6. The zero-order chi connectivity index (χ0) is 12.3. The Morgan fingerprint density at radius 2 is 2.06 bits per heavy atom. The number of isocyanates is 1. The summed E-state index contributed by atoms with van der Waals surface area (Å²) in [7, 11) is 0. The lowest BCUT2D eigenvalue weighted by Gasteiger charge is -2.22. The Morgan fingerprint density at radius 3 is 2.56 bits per heavy atom. The average Bonchev–Trinajstić information content (AvgIpc) is 2.17. The average molecular weight is 240 g/mol. The molecule has 0 aliphatic carbocycles. The van der Waals surface area contributed by atoms with E-state index in [2.05, 4.69) is 4.99 Å². The van der Waals surface area contributed by atoms with Crippen LogP contribution < -0.4 is 0 Å². The Bertz CT molecular complexity index is 443. The number of hydrogen-bond acceptors (Lipinski definition) is 3. The molecule has 0 saturated heterocycles. The van der Waals surface area contributed by atoms with Crippen LogP contribution in [0.3, 0.4) is 0 Å². The zero-order valence-corrected chi connectivity index (χ0v) is 10.3. The molecule has 0 atom stereocenters. The van der Waals surface area contributed by atoms with Crippen LogP contribution in [0.5, 0.6) is 5.75 Å². The predicted octanol–water partition coefficient (Wildman–Crippen LogP) is 3.18. The number of phenols is 1. The first kappa shape index (κ1) is 12.8. The number of rotatable bonds is 2. The van der Waals surface area contributed by atoms with Gasteiger partial charge in [-0.05, 0) is 17.5 Å². The van der Waals surface area contributed by atoms with Gasteiger partial charge < -0.3 is 5.11 Å². The highest BCUT2D eigenvalue weighted by molar-refractivity contribution is 6.30. The molecule has 0 amide bonds. The van der Waals surface area contributed by atoms with Crippen LogP contribution >= 0.6 is 11.6 Å². The molecule has 1 N–H and O–H groups in total. The fourth-order valence-electron chi connectivity index (χ4n) is 1.47. The summed E-state index contributed by atoms with van der Waals surface area (Å²) < 4.78 is 0. The number of aromatic hydroxyl groups is 1. The minimum Gasteiger partial charge on any atom is -0.507 e. The van der Waals surface area contributed by atoms with Crippen LogP contribution in [0.1, 0.15) is 31.9 Å². The lowest BCUT2D eigenvalue weighted by atomic mass is 9.85. The van der Waals surface area contributed by atoms with E-state index >= 15 is 0 Å². The molecule has 86 valence electrons. The smallest absolute Gasteiger partial charge is 0.235 e. The number of aliphatic imine (C=N–C) groups is 1. The first-order valence-electron chi connectivity index (χ1n) is 4.91. The van der Waals surface area contributed by atoms with Crippen LogP contribution in [0.2, 0.25) is 5.02 Å². The van der Waals surface area contributed by atoms with Crippen LogP contribution in [0, 0.1) is 0 Å². The summed E-state index contributed by atoms with van der Waals surface area (Å²) in [6.45, 7) is 6.03. The highest BCUT2D eigenvalue weighted by atomic mass is 35.5. The molecule has 4 heteroatoms. The van der Waals surface area contributed by atoms with Gasteiger partial charge in [0, 0.05) is 16.1 Å². The van der Waals surface area contributed by atoms with Gasteiger partial charge in [-0.25, -0.2) is 9.79 Å². The van der Waals surface area contributed by atoms with E-state index in [0.717, 1.165) is 5.56 Å². The van der Waals surface area contributed by atoms with Gasteiger partial charge >= 0.3 is 0 Å². The number of phenolic OH excluding ortho intramolecular Hbond substituents is 1. The molecule has 0 bridgehead atoms. The maximum absolute atomic E-state index is 10.0. The lowest BCUT2D eigenvalue weighted by molar-refractivity contribution is 0.440. The third-order valence-electron chi connectivity index (χ3n) is 2.28. The van der Waals surface area contributed by atoms with Gasteiger partial charge in [-0.2, -0.15) is 0 Å². The SMILES string of the molecule is CC(C)(C)c1cc(Cl)cc(CN=C=O)c1O. The van der Waals surface area contributed by atoms with Crippen molar-refractivity contribution < 1.29 is 9.90 Å².